The van der Waals surface area contributed by atoms with Crippen LogP contribution >= 0.6 is 0 Å². The zero-order valence-electron chi connectivity index (χ0n) is 11.4. The van der Waals surface area contributed by atoms with Crippen LogP contribution in [0.1, 0.15) is 64.2 Å². The molecule has 3 heteroatoms. The quantitative estimate of drug-likeness (QED) is 0.757. The number of nitrogens with one attached hydrogen (secondary N) is 1. The topological polar surface area (TPSA) is 49.3 Å². The maximum absolute atomic E-state index is 11.9. The molecule has 0 aromatic heterocycles. The lowest BCUT2D eigenvalue weighted by Gasteiger charge is -2.17. The summed E-state index contributed by atoms with van der Waals surface area (Å²) in [6.45, 7) is 0.673. The van der Waals surface area contributed by atoms with E-state index in [0.717, 1.165) is 19.3 Å². The smallest absolute Gasteiger partial charge is 0.220 e. The molecule has 0 aromatic rings. The fourth-order valence-electron chi connectivity index (χ4n) is 3.40. The van der Waals surface area contributed by atoms with Gasteiger partial charge in [0.2, 0.25) is 5.91 Å². The molecule has 2 unspecified atom stereocenters. The molecule has 0 spiro atoms. The summed E-state index contributed by atoms with van der Waals surface area (Å²) in [6, 6.07) is 0. The number of carbonyl (C=O) groups excluding carboxylic acids is 1. The summed E-state index contributed by atoms with van der Waals surface area (Å²) in [5.41, 5.74) is 0. The second-order valence-corrected chi connectivity index (χ2v) is 6.12. The maximum atomic E-state index is 11.9. The van der Waals surface area contributed by atoms with Crippen LogP contribution in [0.25, 0.3) is 0 Å². The van der Waals surface area contributed by atoms with Crippen molar-refractivity contribution in [2.24, 2.45) is 11.8 Å². The van der Waals surface area contributed by atoms with Gasteiger partial charge in [0.1, 0.15) is 0 Å². The van der Waals surface area contributed by atoms with E-state index < -0.39 is 0 Å². The summed E-state index contributed by atoms with van der Waals surface area (Å²) >= 11 is 0. The lowest BCUT2D eigenvalue weighted by Crippen LogP contribution is -2.33. The Hall–Kier alpha value is -0.570. The fraction of sp³-hybridized carbons (Fsp3) is 0.933. The second kappa shape index (κ2) is 7.13. The normalized spacial score (nSPS) is 30.1. The molecule has 0 saturated heterocycles. The van der Waals surface area contributed by atoms with Gasteiger partial charge in [-0.1, -0.05) is 32.1 Å². The number of hydrogen-bond donors (Lipinski definition) is 2. The highest BCUT2D eigenvalue weighted by Crippen LogP contribution is 2.26. The minimum absolute atomic E-state index is 0.191. The van der Waals surface area contributed by atoms with Crippen molar-refractivity contribution in [3.05, 3.63) is 0 Å². The Kier molecular flexibility index (Phi) is 5.48. The Morgan fingerprint density at radius 1 is 1.00 bits per heavy atom. The number of hydrogen-bond acceptors (Lipinski definition) is 2. The van der Waals surface area contributed by atoms with Gasteiger partial charge in [-0.3, -0.25) is 4.79 Å². The van der Waals surface area contributed by atoms with Gasteiger partial charge >= 0.3 is 0 Å². The van der Waals surface area contributed by atoms with Gasteiger partial charge < -0.3 is 10.4 Å². The molecule has 2 aliphatic carbocycles. The molecule has 0 aromatic carbocycles. The van der Waals surface area contributed by atoms with E-state index in [0.29, 0.717) is 24.8 Å². The molecule has 2 saturated carbocycles. The van der Waals surface area contributed by atoms with Crippen LogP contribution in [0.15, 0.2) is 0 Å². The zero-order valence-corrected chi connectivity index (χ0v) is 11.4. The predicted molar refractivity (Wildman–Crippen MR) is 72.2 cm³/mol. The monoisotopic (exact) mass is 253 g/mol. The van der Waals surface area contributed by atoms with Gasteiger partial charge in [0.25, 0.3) is 0 Å². The largest absolute Gasteiger partial charge is 0.393 e. The van der Waals surface area contributed by atoms with E-state index in [4.69, 9.17) is 0 Å². The van der Waals surface area contributed by atoms with Crippen molar-refractivity contribution in [3.63, 3.8) is 0 Å². The summed E-state index contributed by atoms with van der Waals surface area (Å²) in [5.74, 6) is 1.09. The molecule has 2 aliphatic rings. The first-order valence-electron chi connectivity index (χ1n) is 7.70. The highest BCUT2D eigenvalue weighted by Gasteiger charge is 2.25. The molecule has 2 N–H and O–H groups in total. The van der Waals surface area contributed by atoms with Crippen LogP contribution in [0, 0.1) is 11.8 Å². The van der Waals surface area contributed by atoms with Crippen molar-refractivity contribution >= 4 is 5.91 Å². The molecule has 1 amide bonds. The van der Waals surface area contributed by atoms with E-state index in [1.54, 1.807) is 0 Å². The van der Waals surface area contributed by atoms with Crippen LogP contribution in [-0.2, 0) is 4.79 Å². The maximum Gasteiger partial charge on any atom is 0.220 e. The Labute approximate surface area is 110 Å². The molecule has 0 heterocycles. The molecular formula is C15H27NO2. The average Bonchev–Trinajstić information content (AvgIpc) is 2.61. The molecule has 0 radical (unpaired) electrons. The first-order valence-corrected chi connectivity index (χ1v) is 7.70. The van der Waals surface area contributed by atoms with E-state index >= 15 is 0 Å². The first-order chi connectivity index (χ1) is 8.75. The number of rotatable bonds is 4. The first kappa shape index (κ1) is 13.9. The van der Waals surface area contributed by atoms with Gasteiger partial charge in [-0.05, 0) is 31.6 Å². The van der Waals surface area contributed by atoms with Gasteiger partial charge in [-0.2, -0.15) is 0 Å². The van der Waals surface area contributed by atoms with E-state index in [-0.39, 0.29) is 12.0 Å². The van der Waals surface area contributed by atoms with Crippen LogP contribution in [0.3, 0.4) is 0 Å². The molecule has 18 heavy (non-hydrogen) atoms. The third-order valence-corrected chi connectivity index (χ3v) is 4.63. The van der Waals surface area contributed by atoms with E-state index in [1.165, 1.54) is 38.5 Å². The summed E-state index contributed by atoms with van der Waals surface area (Å²) < 4.78 is 0. The number of aliphatic hydroxyl groups is 1. The molecule has 2 fully saturated rings. The van der Waals surface area contributed by atoms with Crippen LogP contribution < -0.4 is 5.32 Å². The third-order valence-electron chi connectivity index (χ3n) is 4.63. The van der Waals surface area contributed by atoms with E-state index in [9.17, 15) is 9.90 Å². The van der Waals surface area contributed by atoms with Gasteiger partial charge in [-0.15, -0.1) is 0 Å². The SMILES string of the molecule is O=C(CC1CCCCCC1)NCC1CCCC1O. The van der Waals surface area contributed by atoms with Gasteiger partial charge in [0.15, 0.2) is 0 Å². The van der Waals surface area contributed by atoms with E-state index in [1.807, 2.05) is 0 Å². The zero-order chi connectivity index (χ0) is 12.8. The Morgan fingerprint density at radius 2 is 1.72 bits per heavy atom. The highest BCUT2D eigenvalue weighted by atomic mass is 16.3. The molecule has 0 bridgehead atoms. The fourth-order valence-corrected chi connectivity index (χ4v) is 3.40. The standard InChI is InChI=1S/C15H27NO2/c17-14-9-5-8-13(14)11-16-15(18)10-12-6-3-1-2-4-7-12/h12-14,17H,1-11H2,(H,16,18). The van der Waals surface area contributed by atoms with Crippen LogP contribution in [0.2, 0.25) is 0 Å². The van der Waals surface area contributed by atoms with Crippen molar-refractivity contribution in [2.45, 2.75) is 70.3 Å². The van der Waals surface area contributed by atoms with Crippen molar-refractivity contribution < 1.29 is 9.90 Å². The lowest BCUT2D eigenvalue weighted by atomic mass is 9.96. The van der Waals surface area contributed by atoms with Gasteiger partial charge in [-0.25, -0.2) is 0 Å². The molecule has 2 rings (SSSR count). The van der Waals surface area contributed by atoms with Crippen LogP contribution in [0.4, 0.5) is 0 Å². The molecule has 104 valence electrons. The summed E-state index contributed by atoms with van der Waals surface area (Å²) in [7, 11) is 0. The predicted octanol–water partition coefficient (Wildman–Crippen LogP) is 2.62. The summed E-state index contributed by atoms with van der Waals surface area (Å²) in [5, 5.41) is 12.7. The third kappa shape index (κ3) is 4.27. The van der Waals surface area contributed by atoms with Gasteiger partial charge in [0, 0.05) is 18.9 Å². The Bertz CT molecular complexity index is 259. The molecule has 0 aliphatic heterocycles. The minimum atomic E-state index is -0.191. The van der Waals surface area contributed by atoms with Crippen molar-refractivity contribution in [1.82, 2.24) is 5.32 Å². The molecule has 3 nitrogen and oxygen atoms in total. The highest BCUT2D eigenvalue weighted by molar-refractivity contribution is 5.76. The summed E-state index contributed by atoms with van der Waals surface area (Å²) in [6.07, 6.45) is 11.3. The Balaban J connectivity index is 1.64. The number of carbonyl (C=O) groups is 1. The number of aliphatic hydroxyl groups excluding tert-OH is 1. The van der Waals surface area contributed by atoms with Crippen molar-refractivity contribution in [3.8, 4) is 0 Å². The lowest BCUT2D eigenvalue weighted by molar-refractivity contribution is -0.122. The number of amides is 1. The second-order valence-electron chi connectivity index (χ2n) is 6.12. The Morgan fingerprint density at radius 3 is 2.33 bits per heavy atom. The van der Waals surface area contributed by atoms with E-state index in [2.05, 4.69) is 5.32 Å². The molecular weight excluding hydrogens is 226 g/mol. The van der Waals surface area contributed by atoms with Crippen molar-refractivity contribution in [2.75, 3.05) is 6.54 Å². The minimum Gasteiger partial charge on any atom is -0.393 e. The molecule has 2 atom stereocenters. The van der Waals surface area contributed by atoms with Crippen LogP contribution in [0.5, 0.6) is 0 Å². The summed E-state index contributed by atoms with van der Waals surface area (Å²) in [4.78, 5) is 11.9. The van der Waals surface area contributed by atoms with Crippen LogP contribution in [-0.4, -0.2) is 23.7 Å². The average molecular weight is 253 g/mol. The van der Waals surface area contributed by atoms with Gasteiger partial charge in [0.05, 0.1) is 6.10 Å². The van der Waals surface area contributed by atoms with Crippen molar-refractivity contribution in [1.29, 1.82) is 0 Å².